The predicted octanol–water partition coefficient (Wildman–Crippen LogP) is 3.33. The Labute approximate surface area is 124 Å². The van der Waals surface area contributed by atoms with E-state index in [4.69, 9.17) is 10.5 Å². The van der Waals surface area contributed by atoms with Crippen LogP contribution in [0.1, 0.15) is 44.1 Å². The Morgan fingerprint density at radius 3 is 2.67 bits per heavy atom. The molecule has 21 heavy (non-hydrogen) atoms. The van der Waals surface area contributed by atoms with Gasteiger partial charge in [0, 0.05) is 23.9 Å². The predicted molar refractivity (Wildman–Crippen MR) is 80.4 cm³/mol. The first-order chi connectivity index (χ1) is 10.0. The lowest BCUT2D eigenvalue weighted by Crippen LogP contribution is -2.64. The molecule has 2 atom stereocenters. The molecule has 1 spiro atoms. The van der Waals surface area contributed by atoms with Crippen molar-refractivity contribution in [3.63, 3.8) is 0 Å². The van der Waals surface area contributed by atoms with Crippen LogP contribution in [0.4, 0.5) is 5.69 Å². The van der Waals surface area contributed by atoms with Crippen LogP contribution >= 0.6 is 0 Å². The van der Waals surface area contributed by atoms with Crippen LogP contribution in [0.5, 0.6) is 5.75 Å². The summed E-state index contributed by atoms with van der Waals surface area (Å²) in [6.45, 7) is 1.92. The zero-order valence-corrected chi connectivity index (χ0v) is 12.4. The van der Waals surface area contributed by atoms with E-state index in [-0.39, 0.29) is 28.2 Å². The fraction of sp³-hybridized carbons (Fsp3) is 0.625. The second kappa shape index (κ2) is 5.30. The molecule has 0 radical (unpaired) electrons. The van der Waals surface area contributed by atoms with Gasteiger partial charge < -0.3 is 10.5 Å². The molecule has 0 saturated heterocycles. The van der Waals surface area contributed by atoms with E-state index < -0.39 is 0 Å². The molecule has 5 nitrogen and oxygen atoms in total. The average Bonchev–Trinajstić information content (AvgIpc) is 2.47. The lowest BCUT2D eigenvalue weighted by atomic mass is 9.55. The Morgan fingerprint density at radius 1 is 1.33 bits per heavy atom. The van der Waals surface area contributed by atoms with Crippen molar-refractivity contribution in [2.45, 2.75) is 57.6 Å². The highest BCUT2D eigenvalue weighted by Crippen LogP contribution is 2.52. The van der Waals surface area contributed by atoms with Crippen LogP contribution in [0.2, 0.25) is 0 Å². The summed E-state index contributed by atoms with van der Waals surface area (Å²) in [5, 5.41) is 11.2. The van der Waals surface area contributed by atoms with Gasteiger partial charge in [-0.15, -0.1) is 0 Å². The number of rotatable bonds is 3. The van der Waals surface area contributed by atoms with Crippen molar-refractivity contribution in [1.82, 2.24) is 0 Å². The molecule has 2 N–H and O–H groups in total. The number of nitrogens with zero attached hydrogens (tertiary/aromatic N) is 1. The topological polar surface area (TPSA) is 78.4 Å². The quantitative estimate of drug-likeness (QED) is 0.684. The third kappa shape index (κ3) is 2.39. The van der Waals surface area contributed by atoms with Crippen LogP contribution in [0.25, 0.3) is 0 Å². The van der Waals surface area contributed by atoms with E-state index in [0.29, 0.717) is 5.75 Å². The van der Waals surface area contributed by atoms with Gasteiger partial charge in [0.15, 0.2) is 5.75 Å². The van der Waals surface area contributed by atoms with Crippen LogP contribution in [-0.4, -0.2) is 17.1 Å². The largest absolute Gasteiger partial charge is 0.483 e. The normalized spacial score (nSPS) is 27.1. The molecule has 2 aliphatic rings. The summed E-state index contributed by atoms with van der Waals surface area (Å²) in [6.07, 6.45) is 6.61. The molecular formula is C16H22N2O3. The van der Waals surface area contributed by atoms with Crippen LogP contribution < -0.4 is 10.5 Å². The zero-order chi connectivity index (χ0) is 15.0. The summed E-state index contributed by atoms with van der Waals surface area (Å²) >= 11 is 0. The van der Waals surface area contributed by atoms with E-state index in [2.05, 4.69) is 0 Å². The zero-order valence-electron chi connectivity index (χ0n) is 12.4. The van der Waals surface area contributed by atoms with Crippen LogP contribution in [0.15, 0.2) is 18.2 Å². The number of ether oxygens (including phenoxy) is 1. The minimum absolute atomic E-state index is 0.0216. The standard InChI is InChI=1S/C16H22N2O3/c1-11-5-6-12(18(19)20)13(9-11)21-15-10-14(17)16(15)7-3-2-4-8-16/h5-6,9,14-15H,2-4,7-8,10,17H2,1H3. The second-order valence-electron chi connectivity index (χ2n) is 6.47. The highest BCUT2D eigenvalue weighted by Gasteiger charge is 2.55. The molecule has 0 amide bonds. The number of hydrogen-bond donors (Lipinski definition) is 1. The number of aryl methyl sites for hydroxylation is 1. The summed E-state index contributed by atoms with van der Waals surface area (Å²) in [4.78, 5) is 10.8. The highest BCUT2D eigenvalue weighted by molar-refractivity contribution is 5.48. The molecule has 5 heteroatoms. The summed E-state index contributed by atoms with van der Waals surface area (Å²) in [6, 6.07) is 5.20. The summed E-state index contributed by atoms with van der Waals surface area (Å²) in [7, 11) is 0. The first-order valence-electron chi connectivity index (χ1n) is 7.70. The molecule has 1 aromatic rings. The van der Waals surface area contributed by atoms with Gasteiger partial charge in [-0.3, -0.25) is 10.1 Å². The minimum atomic E-state index is -0.374. The van der Waals surface area contributed by atoms with Crippen molar-refractivity contribution < 1.29 is 9.66 Å². The van der Waals surface area contributed by atoms with E-state index in [1.165, 1.54) is 25.3 Å². The highest BCUT2D eigenvalue weighted by atomic mass is 16.6. The van der Waals surface area contributed by atoms with Gasteiger partial charge in [0.2, 0.25) is 0 Å². The van der Waals surface area contributed by atoms with Crippen molar-refractivity contribution in [3.05, 3.63) is 33.9 Å². The molecule has 0 bridgehead atoms. The smallest absolute Gasteiger partial charge is 0.310 e. The van der Waals surface area contributed by atoms with Gasteiger partial charge in [0.1, 0.15) is 6.10 Å². The van der Waals surface area contributed by atoms with Gasteiger partial charge in [-0.25, -0.2) is 0 Å². The Balaban J connectivity index is 1.84. The molecular weight excluding hydrogens is 268 g/mol. The van der Waals surface area contributed by atoms with E-state index in [1.54, 1.807) is 12.1 Å². The molecule has 114 valence electrons. The van der Waals surface area contributed by atoms with Crippen molar-refractivity contribution in [2.75, 3.05) is 0 Å². The maximum Gasteiger partial charge on any atom is 0.310 e. The summed E-state index contributed by atoms with van der Waals surface area (Å²) in [5.41, 5.74) is 7.30. The van der Waals surface area contributed by atoms with Gasteiger partial charge in [-0.2, -0.15) is 0 Å². The molecule has 0 aliphatic heterocycles. The summed E-state index contributed by atoms with van der Waals surface area (Å²) in [5.74, 6) is 0.391. The molecule has 1 aromatic carbocycles. The fourth-order valence-electron chi connectivity index (χ4n) is 3.87. The van der Waals surface area contributed by atoms with Gasteiger partial charge in [-0.05, 0) is 31.4 Å². The van der Waals surface area contributed by atoms with Crippen LogP contribution in [0, 0.1) is 22.5 Å². The van der Waals surface area contributed by atoms with E-state index in [9.17, 15) is 10.1 Å². The molecule has 2 aliphatic carbocycles. The Morgan fingerprint density at radius 2 is 2.05 bits per heavy atom. The fourth-order valence-corrected chi connectivity index (χ4v) is 3.87. The SMILES string of the molecule is Cc1ccc([N+](=O)[O-])c(OC2CC(N)C23CCCCC3)c1. The Hall–Kier alpha value is -1.62. The molecule has 0 heterocycles. The molecule has 0 aromatic heterocycles. The van der Waals surface area contributed by atoms with E-state index in [1.807, 2.05) is 6.92 Å². The van der Waals surface area contributed by atoms with Gasteiger partial charge >= 0.3 is 5.69 Å². The lowest BCUT2D eigenvalue weighted by molar-refractivity contribution is -0.386. The van der Waals surface area contributed by atoms with Crippen molar-refractivity contribution >= 4 is 5.69 Å². The van der Waals surface area contributed by atoms with Gasteiger partial charge in [0.25, 0.3) is 0 Å². The van der Waals surface area contributed by atoms with Crippen LogP contribution in [0.3, 0.4) is 0 Å². The number of hydrogen-bond acceptors (Lipinski definition) is 4. The first kappa shape index (κ1) is 14.3. The number of nitro groups is 1. The van der Waals surface area contributed by atoms with E-state index >= 15 is 0 Å². The number of nitrogens with two attached hydrogens (primary N) is 1. The minimum Gasteiger partial charge on any atom is -0.483 e. The van der Waals surface area contributed by atoms with Crippen molar-refractivity contribution in [1.29, 1.82) is 0 Å². The van der Waals surface area contributed by atoms with Gasteiger partial charge in [0.05, 0.1) is 4.92 Å². The third-order valence-corrected chi connectivity index (χ3v) is 5.21. The van der Waals surface area contributed by atoms with Crippen molar-refractivity contribution in [2.24, 2.45) is 11.1 Å². The van der Waals surface area contributed by atoms with Gasteiger partial charge in [-0.1, -0.05) is 25.3 Å². The maximum atomic E-state index is 11.2. The molecule has 2 saturated carbocycles. The Bertz CT molecular complexity index is 552. The monoisotopic (exact) mass is 290 g/mol. The van der Waals surface area contributed by atoms with Crippen molar-refractivity contribution in [3.8, 4) is 5.75 Å². The van der Waals surface area contributed by atoms with Crippen LogP contribution in [-0.2, 0) is 0 Å². The Kier molecular flexibility index (Phi) is 3.61. The molecule has 2 fully saturated rings. The second-order valence-corrected chi connectivity index (χ2v) is 6.47. The third-order valence-electron chi connectivity index (χ3n) is 5.21. The van der Waals surface area contributed by atoms with E-state index in [0.717, 1.165) is 24.8 Å². The number of benzene rings is 1. The summed E-state index contributed by atoms with van der Waals surface area (Å²) < 4.78 is 6.07. The first-order valence-corrected chi connectivity index (χ1v) is 7.70. The number of nitro benzene ring substituents is 1. The molecule has 3 rings (SSSR count). The average molecular weight is 290 g/mol. The molecule has 2 unspecified atom stereocenters. The maximum absolute atomic E-state index is 11.2. The lowest BCUT2D eigenvalue weighted by Gasteiger charge is -2.55.